The Morgan fingerprint density at radius 1 is 1.33 bits per heavy atom. The van der Waals surface area contributed by atoms with Crippen LogP contribution in [0.5, 0.6) is 0 Å². The van der Waals surface area contributed by atoms with E-state index in [9.17, 15) is 9.59 Å². The second-order valence-electron chi connectivity index (χ2n) is 5.29. The van der Waals surface area contributed by atoms with Crippen LogP contribution < -0.4 is 10.6 Å². The number of carbonyl (C=O) groups excluding carboxylic acids is 2. The van der Waals surface area contributed by atoms with Gasteiger partial charge in [0.15, 0.2) is 5.76 Å². The van der Waals surface area contributed by atoms with E-state index in [0.717, 1.165) is 0 Å². The number of rotatable bonds is 4. The van der Waals surface area contributed by atoms with E-state index in [1.807, 2.05) is 0 Å². The maximum atomic E-state index is 12.6. The minimum atomic E-state index is -0.682. The molecule has 0 aliphatic rings. The molecule has 3 aromatic heterocycles. The number of furan rings is 1. The number of aromatic nitrogens is 2. The number of hydrogen-bond donors (Lipinski definition) is 2. The van der Waals surface area contributed by atoms with E-state index in [1.54, 1.807) is 32.0 Å². The predicted octanol–water partition coefficient (Wildman–Crippen LogP) is 1.66. The van der Waals surface area contributed by atoms with E-state index in [4.69, 9.17) is 8.94 Å². The lowest BCUT2D eigenvalue weighted by molar-refractivity contribution is -0.122. The summed E-state index contributed by atoms with van der Waals surface area (Å²) in [4.78, 5) is 28.6. The van der Waals surface area contributed by atoms with E-state index in [1.165, 1.54) is 13.3 Å². The minimum Gasteiger partial charge on any atom is -0.463 e. The molecule has 8 nitrogen and oxygen atoms in total. The maximum absolute atomic E-state index is 12.6. The molecule has 0 saturated heterocycles. The fourth-order valence-electron chi connectivity index (χ4n) is 2.38. The first-order chi connectivity index (χ1) is 11.5. The van der Waals surface area contributed by atoms with Crippen LogP contribution in [0.15, 0.2) is 33.4 Å². The summed E-state index contributed by atoms with van der Waals surface area (Å²) in [7, 11) is 1.51. The Morgan fingerprint density at radius 2 is 2.12 bits per heavy atom. The van der Waals surface area contributed by atoms with Crippen LogP contribution in [0.1, 0.15) is 23.0 Å². The molecular weight excluding hydrogens is 312 g/mol. The van der Waals surface area contributed by atoms with E-state index in [0.29, 0.717) is 28.1 Å². The van der Waals surface area contributed by atoms with Crippen molar-refractivity contribution in [1.29, 1.82) is 0 Å². The number of carbonyl (C=O) groups is 2. The first kappa shape index (κ1) is 15.7. The summed E-state index contributed by atoms with van der Waals surface area (Å²) in [6.45, 7) is 3.32. The highest BCUT2D eigenvalue weighted by atomic mass is 16.5. The summed E-state index contributed by atoms with van der Waals surface area (Å²) in [6, 6.07) is 4.36. The van der Waals surface area contributed by atoms with Crippen LogP contribution in [0.25, 0.3) is 22.6 Å². The summed E-state index contributed by atoms with van der Waals surface area (Å²) in [5.41, 5.74) is 1.54. The first-order valence-corrected chi connectivity index (χ1v) is 7.34. The van der Waals surface area contributed by atoms with Crippen LogP contribution in [0, 0.1) is 6.92 Å². The van der Waals surface area contributed by atoms with Crippen molar-refractivity contribution in [2.24, 2.45) is 0 Å². The van der Waals surface area contributed by atoms with Crippen LogP contribution in [0.3, 0.4) is 0 Å². The SMILES string of the molecule is CNC(=O)C(C)NC(=O)c1cc(-c2ccco2)nc2onc(C)c12. The van der Waals surface area contributed by atoms with Gasteiger partial charge in [-0.25, -0.2) is 4.98 Å². The molecule has 1 atom stereocenters. The Bertz CT molecular complexity index is 898. The van der Waals surface area contributed by atoms with Gasteiger partial charge in [0.1, 0.15) is 11.7 Å². The quantitative estimate of drug-likeness (QED) is 0.753. The van der Waals surface area contributed by atoms with Crippen LogP contribution >= 0.6 is 0 Å². The summed E-state index contributed by atoms with van der Waals surface area (Å²) < 4.78 is 10.5. The number of nitrogens with zero attached hydrogens (tertiary/aromatic N) is 2. The molecule has 0 aliphatic carbocycles. The Morgan fingerprint density at radius 3 is 2.79 bits per heavy atom. The number of nitrogens with one attached hydrogen (secondary N) is 2. The highest BCUT2D eigenvalue weighted by Crippen LogP contribution is 2.27. The maximum Gasteiger partial charge on any atom is 0.259 e. The fraction of sp³-hybridized carbons (Fsp3) is 0.250. The van der Waals surface area contributed by atoms with E-state index in [2.05, 4.69) is 20.8 Å². The van der Waals surface area contributed by atoms with Gasteiger partial charge < -0.3 is 19.6 Å². The molecule has 124 valence electrons. The van der Waals surface area contributed by atoms with Crippen molar-refractivity contribution in [3.05, 3.63) is 35.7 Å². The zero-order chi connectivity index (χ0) is 17.3. The van der Waals surface area contributed by atoms with E-state index in [-0.39, 0.29) is 11.6 Å². The standard InChI is InChI=1S/C16H16N4O4/c1-8-13-10(15(22)18-9(2)14(21)17-3)7-11(12-5-4-6-23-12)19-16(13)24-20-8/h4-7,9H,1-3H3,(H,17,21)(H,18,22). The van der Waals surface area contributed by atoms with Crippen molar-refractivity contribution in [2.45, 2.75) is 19.9 Å². The third kappa shape index (κ3) is 2.73. The molecule has 0 aromatic carbocycles. The molecule has 3 heterocycles. The van der Waals surface area contributed by atoms with Gasteiger partial charge in [-0.2, -0.15) is 0 Å². The van der Waals surface area contributed by atoms with E-state index >= 15 is 0 Å². The Hall–Kier alpha value is -3.16. The van der Waals surface area contributed by atoms with Gasteiger partial charge in [-0.15, -0.1) is 0 Å². The summed E-state index contributed by atoms with van der Waals surface area (Å²) in [6.07, 6.45) is 1.51. The number of fused-ring (bicyclic) bond motifs is 1. The monoisotopic (exact) mass is 328 g/mol. The number of pyridine rings is 1. The zero-order valence-electron chi connectivity index (χ0n) is 13.4. The highest BCUT2D eigenvalue weighted by Gasteiger charge is 2.22. The van der Waals surface area contributed by atoms with Gasteiger partial charge in [-0.1, -0.05) is 5.16 Å². The molecule has 0 radical (unpaired) electrons. The fourth-order valence-corrected chi connectivity index (χ4v) is 2.38. The van der Waals surface area contributed by atoms with Gasteiger partial charge in [-0.3, -0.25) is 9.59 Å². The number of amides is 2. The van der Waals surface area contributed by atoms with Crippen molar-refractivity contribution in [2.75, 3.05) is 7.05 Å². The molecule has 0 bridgehead atoms. The Balaban J connectivity index is 2.06. The van der Waals surface area contributed by atoms with Gasteiger partial charge in [0.05, 0.1) is 22.9 Å². The Kier molecular flexibility index (Phi) is 4.03. The number of aryl methyl sites for hydroxylation is 1. The first-order valence-electron chi connectivity index (χ1n) is 7.34. The van der Waals surface area contributed by atoms with Gasteiger partial charge in [0, 0.05) is 7.05 Å². The average molecular weight is 328 g/mol. The van der Waals surface area contributed by atoms with E-state index < -0.39 is 11.9 Å². The second-order valence-corrected chi connectivity index (χ2v) is 5.29. The molecule has 0 fully saturated rings. The van der Waals surface area contributed by atoms with Gasteiger partial charge >= 0.3 is 0 Å². The second kappa shape index (κ2) is 6.15. The van der Waals surface area contributed by atoms with Crippen molar-refractivity contribution in [1.82, 2.24) is 20.8 Å². The van der Waals surface area contributed by atoms with Gasteiger partial charge in [0.2, 0.25) is 5.91 Å². The molecule has 3 aromatic rings. The normalized spacial score (nSPS) is 12.1. The molecular formula is C16H16N4O4. The lowest BCUT2D eigenvalue weighted by Gasteiger charge is -2.13. The smallest absolute Gasteiger partial charge is 0.259 e. The van der Waals surface area contributed by atoms with Crippen LogP contribution in [-0.4, -0.2) is 35.0 Å². The zero-order valence-corrected chi connectivity index (χ0v) is 13.4. The highest BCUT2D eigenvalue weighted by molar-refractivity contribution is 6.08. The summed E-state index contributed by atoms with van der Waals surface area (Å²) >= 11 is 0. The van der Waals surface area contributed by atoms with Crippen molar-refractivity contribution >= 4 is 22.9 Å². The lowest BCUT2D eigenvalue weighted by Crippen LogP contribution is -2.43. The summed E-state index contributed by atoms with van der Waals surface area (Å²) in [5, 5.41) is 9.51. The third-order valence-corrected chi connectivity index (χ3v) is 3.62. The molecule has 0 saturated carbocycles. The lowest BCUT2D eigenvalue weighted by atomic mass is 10.1. The van der Waals surface area contributed by atoms with Gasteiger partial charge in [-0.05, 0) is 32.0 Å². The number of likely N-dealkylation sites (N-methyl/N-ethyl adjacent to an activating group) is 1. The minimum absolute atomic E-state index is 0.235. The van der Waals surface area contributed by atoms with Gasteiger partial charge in [0.25, 0.3) is 11.6 Å². The largest absolute Gasteiger partial charge is 0.463 e. The molecule has 0 spiro atoms. The van der Waals surface area contributed by atoms with Crippen LogP contribution in [-0.2, 0) is 4.79 Å². The van der Waals surface area contributed by atoms with Crippen LogP contribution in [0.2, 0.25) is 0 Å². The Labute approximate surface area is 137 Å². The number of hydrogen-bond acceptors (Lipinski definition) is 6. The molecule has 3 rings (SSSR count). The summed E-state index contributed by atoms with van der Waals surface area (Å²) in [5.74, 6) is -0.209. The molecule has 1 unspecified atom stereocenters. The topological polar surface area (TPSA) is 110 Å². The van der Waals surface area contributed by atoms with Crippen LogP contribution in [0.4, 0.5) is 0 Å². The van der Waals surface area contributed by atoms with Crippen molar-refractivity contribution in [3.8, 4) is 11.5 Å². The average Bonchev–Trinajstić information content (AvgIpc) is 3.23. The van der Waals surface area contributed by atoms with Crippen molar-refractivity contribution < 1.29 is 18.5 Å². The molecule has 2 amide bonds. The third-order valence-electron chi connectivity index (χ3n) is 3.62. The molecule has 0 aliphatic heterocycles. The van der Waals surface area contributed by atoms with Crippen molar-refractivity contribution in [3.63, 3.8) is 0 Å². The predicted molar refractivity (Wildman–Crippen MR) is 85.2 cm³/mol. The molecule has 2 N–H and O–H groups in total. The molecule has 8 heteroatoms. The molecule has 24 heavy (non-hydrogen) atoms.